The summed E-state index contributed by atoms with van der Waals surface area (Å²) in [6.45, 7) is 0.630. The van der Waals surface area contributed by atoms with Crippen molar-refractivity contribution < 1.29 is 9.53 Å². The molecule has 6 heteroatoms. The SMILES string of the molecule is COC(=O)c1cnc(NCc2ccc(Cl)cc2)s1. The topological polar surface area (TPSA) is 51.2 Å². The molecule has 2 aromatic rings. The van der Waals surface area contributed by atoms with E-state index in [2.05, 4.69) is 15.0 Å². The van der Waals surface area contributed by atoms with Crippen LogP contribution in [0, 0.1) is 0 Å². The van der Waals surface area contributed by atoms with Crippen molar-refractivity contribution in [3.05, 3.63) is 45.9 Å². The predicted octanol–water partition coefficient (Wildman–Crippen LogP) is 3.20. The molecule has 1 N–H and O–H groups in total. The molecule has 0 aliphatic carbocycles. The lowest BCUT2D eigenvalue weighted by molar-refractivity contribution is 0.0606. The van der Waals surface area contributed by atoms with E-state index in [1.807, 2.05) is 24.3 Å². The molecule has 0 fully saturated rings. The Labute approximate surface area is 114 Å². The zero-order valence-corrected chi connectivity index (χ0v) is 11.2. The van der Waals surface area contributed by atoms with E-state index in [1.54, 1.807) is 0 Å². The summed E-state index contributed by atoms with van der Waals surface area (Å²) in [4.78, 5) is 15.8. The highest BCUT2D eigenvalue weighted by Crippen LogP contribution is 2.19. The molecule has 2 rings (SSSR count). The maximum absolute atomic E-state index is 11.2. The number of thiazole rings is 1. The van der Waals surface area contributed by atoms with Crippen LogP contribution >= 0.6 is 22.9 Å². The van der Waals surface area contributed by atoms with Gasteiger partial charge >= 0.3 is 5.97 Å². The first-order chi connectivity index (χ1) is 8.69. The fourth-order valence-electron chi connectivity index (χ4n) is 1.33. The quantitative estimate of drug-likeness (QED) is 0.875. The van der Waals surface area contributed by atoms with Crippen molar-refractivity contribution in [3.8, 4) is 0 Å². The molecule has 1 aromatic carbocycles. The normalized spacial score (nSPS) is 10.1. The lowest BCUT2D eigenvalue weighted by Crippen LogP contribution is -1.98. The number of nitrogens with zero attached hydrogens (tertiary/aromatic N) is 1. The Morgan fingerprint density at radius 1 is 1.44 bits per heavy atom. The van der Waals surface area contributed by atoms with Gasteiger partial charge in [0.15, 0.2) is 5.13 Å². The van der Waals surface area contributed by atoms with Crippen LogP contribution in [0.5, 0.6) is 0 Å². The second kappa shape index (κ2) is 5.84. The summed E-state index contributed by atoms with van der Waals surface area (Å²) in [6, 6.07) is 7.54. The number of hydrogen-bond donors (Lipinski definition) is 1. The number of carbonyl (C=O) groups is 1. The molecule has 0 spiro atoms. The minimum atomic E-state index is -0.368. The third-order valence-corrected chi connectivity index (χ3v) is 3.44. The van der Waals surface area contributed by atoms with Crippen molar-refractivity contribution in [2.24, 2.45) is 0 Å². The lowest BCUT2D eigenvalue weighted by atomic mass is 10.2. The van der Waals surface area contributed by atoms with Crippen LogP contribution < -0.4 is 5.32 Å². The van der Waals surface area contributed by atoms with Gasteiger partial charge in [-0.05, 0) is 17.7 Å². The van der Waals surface area contributed by atoms with E-state index < -0.39 is 0 Å². The fourth-order valence-corrected chi connectivity index (χ4v) is 2.19. The third-order valence-electron chi connectivity index (χ3n) is 2.25. The number of halogens is 1. The molecule has 0 unspecified atom stereocenters. The molecule has 1 heterocycles. The Kier molecular flexibility index (Phi) is 4.17. The van der Waals surface area contributed by atoms with E-state index in [0.717, 1.165) is 5.56 Å². The Balaban J connectivity index is 1.96. The van der Waals surface area contributed by atoms with Crippen molar-refractivity contribution in [2.45, 2.75) is 6.54 Å². The van der Waals surface area contributed by atoms with Gasteiger partial charge in [0.1, 0.15) is 4.88 Å². The molecule has 0 saturated heterocycles. The van der Waals surface area contributed by atoms with Crippen LogP contribution in [-0.2, 0) is 11.3 Å². The summed E-state index contributed by atoms with van der Waals surface area (Å²) in [5.41, 5.74) is 1.09. The first kappa shape index (κ1) is 12.9. The smallest absolute Gasteiger partial charge is 0.349 e. The summed E-state index contributed by atoms with van der Waals surface area (Å²) in [6.07, 6.45) is 1.50. The van der Waals surface area contributed by atoms with Crippen molar-refractivity contribution >= 4 is 34.0 Å². The largest absolute Gasteiger partial charge is 0.465 e. The molecule has 0 atom stereocenters. The number of methoxy groups -OCH3 is 1. The molecule has 0 aliphatic heterocycles. The van der Waals surface area contributed by atoms with Crippen molar-refractivity contribution in [1.82, 2.24) is 4.98 Å². The maximum Gasteiger partial charge on any atom is 0.349 e. The van der Waals surface area contributed by atoms with Crippen LogP contribution in [-0.4, -0.2) is 18.1 Å². The molecule has 4 nitrogen and oxygen atoms in total. The van der Waals surface area contributed by atoms with E-state index in [1.165, 1.54) is 24.6 Å². The summed E-state index contributed by atoms with van der Waals surface area (Å²) in [7, 11) is 1.35. The number of carbonyl (C=O) groups excluding carboxylic acids is 1. The standard InChI is InChI=1S/C12H11ClN2O2S/c1-17-11(16)10-7-15-12(18-10)14-6-8-2-4-9(13)5-3-8/h2-5,7H,6H2,1H3,(H,14,15). The highest BCUT2D eigenvalue weighted by atomic mass is 35.5. The zero-order valence-electron chi connectivity index (χ0n) is 9.64. The molecule has 0 saturated carbocycles. The van der Waals surface area contributed by atoms with Gasteiger partial charge in [-0.3, -0.25) is 0 Å². The number of aromatic nitrogens is 1. The molecular formula is C12H11ClN2O2S. The van der Waals surface area contributed by atoms with Gasteiger partial charge in [0.05, 0.1) is 13.3 Å². The van der Waals surface area contributed by atoms with E-state index in [0.29, 0.717) is 21.6 Å². The predicted molar refractivity (Wildman–Crippen MR) is 72.2 cm³/mol. The van der Waals surface area contributed by atoms with Crippen LogP contribution in [0.2, 0.25) is 5.02 Å². The summed E-state index contributed by atoms with van der Waals surface area (Å²) >= 11 is 7.07. The van der Waals surface area contributed by atoms with Crippen LogP contribution in [0.25, 0.3) is 0 Å². The van der Waals surface area contributed by atoms with Gasteiger partial charge in [0.25, 0.3) is 0 Å². The first-order valence-electron chi connectivity index (χ1n) is 5.21. The number of anilines is 1. The van der Waals surface area contributed by atoms with E-state index in [-0.39, 0.29) is 5.97 Å². The van der Waals surface area contributed by atoms with Crippen LogP contribution in [0.4, 0.5) is 5.13 Å². The van der Waals surface area contributed by atoms with Crippen LogP contribution in [0.15, 0.2) is 30.5 Å². The second-order valence-corrected chi connectivity index (χ2v) is 4.97. The second-order valence-electron chi connectivity index (χ2n) is 3.50. The Bertz CT molecular complexity index is 539. The molecule has 0 radical (unpaired) electrons. The number of rotatable bonds is 4. The number of hydrogen-bond acceptors (Lipinski definition) is 5. The molecular weight excluding hydrogens is 272 g/mol. The fraction of sp³-hybridized carbons (Fsp3) is 0.167. The average Bonchev–Trinajstić information content (AvgIpc) is 2.86. The Morgan fingerprint density at radius 2 is 2.17 bits per heavy atom. The van der Waals surface area contributed by atoms with Gasteiger partial charge in [-0.1, -0.05) is 35.1 Å². The van der Waals surface area contributed by atoms with Gasteiger partial charge < -0.3 is 10.1 Å². The maximum atomic E-state index is 11.2. The summed E-state index contributed by atoms with van der Waals surface area (Å²) < 4.78 is 4.61. The monoisotopic (exact) mass is 282 g/mol. The lowest BCUT2D eigenvalue weighted by Gasteiger charge is -2.02. The minimum absolute atomic E-state index is 0.368. The van der Waals surface area contributed by atoms with Crippen LogP contribution in [0.1, 0.15) is 15.2 Å². The molecule has 1 aromatic heterocycles. The van der Waals surface area contributed by atoms with Crippen LogP contribution in [0.3, 0.4) is 0 Å². The van der Waals surface area contributed by atoms with Gasteiger partial charge in [-0.15, -0.1) is 0 Å². The van der Waals surface area contributed by atoms with Gasteiger partial charge in [0.2, 0.25) is 0 Å². The number of ether oxygens (including phenoxy) is 1. The van der Waals surface area contributed by atoms with Crippen molar-refractivity contribution in [3.63, 3.8) is 0 Å². The first-order valence-corrected chi connectivity index (χ1v) is 6.41. The van der Waals surface area contributed by atoms with Gasteiger partial charge in [-0.25, -0.2) is 9.78 Å². The third kappa shape index (κ3) is 3.21. The van der Waals surface area contributed by atoms with Gasteiger partial charge in [-0.2, -0.15) is 0 Å². The van der Waals surface area contributed by atoms with E-state index in [9.17, 15) is 4.79 Å². The van der Waals surface area contributed by atoms with Crippen molar-refractivity contribution in [2.75, 3.05) is 12.4 Å². The van der Waals surface area contributed by atoms with Gasteiger partial charge in [0, 0.05) is 11.6 Å². The Morgan fingerprint density at radius 3 is 2.83 bits per heavy atom. The molecule has 18 heavy (non-hydrogen) atoms. The molecule has 0 aliphatic rings. The number of nitrogens with one attached hydrogen (secondary N) is 1. The average molecular weight is 283 g/mol. The van der Waals surface area contributed by atoms with Crippen molar-refractivity contribution in [1.29, 1.82) is 0 Å². The summed E-state index contributed by atoms with van der Waals surface area (Å²) in [5, 5.41) is 4.53. The van der Waals surface area contributed by atoms with E-state index >= 15 is 0 Å². The highest BCUT2D eigenvalue weighted by Gasteiger charge is 2.09. The number of esters is 1. The number of benzene rings is 1. The minimum Gasteiger partial charge on any atom is -0.465 e. The summed E-state index contributed by atoms with van der Waals surface area (Å²) in [5.74, 6) is -0.368. The Hall–Kier alpha value is -1.59. The zero-order chi connectivity index (χ0) is 13.0. The highest BCUT2D eigenvalue weighted by molar-refractivity contribution is 7.17. The molecule has 0 amide bonds. The molecule has 0 bridgehead atoms. The molecule has 94 valence electrons. The van der Waals surface area contributed by atoms with E-state index in [4.69, 9.17) is 11.6 Å².